The van der Waals surface area contributed by atoms with Gasteiger partial charge in [0.15, 0.2) is 17.1 Å². The van der Waals surface area contributed by atoms with Crippen molar-refractivity contribution in [2.75, 3.05) is 0 Å². The molecule has 4 heteroatoms. The summed E-state index contributed by atoms with van der Waals surface area (Å²) in [6.45, 7) is 0. The van der Waals surface area contributed by atoms with E-state index in [2.05, 4.69) is 0 Å². The maximum absolute atomic E-state index is 14.8. The quantitative estimate of drug-likeness (QED) is 0.327. The molecule has 0 unspecified atom stereocenters. The Morgan fingerprint density at radius 2 is 1.41 bits per heavy atom. The van der Waals surface area contributed by atoms with Gasteiger partial charge >= 0.3 is 0 Å². The van der Waals surface area contributed by atoms with E-state index in [0.717, 1.165) is 26.6 Å². The van der Waals surface area contributed by atoms with Crippen LogP contribution in [-0.4, -0.2) is 0 Å². The van der Waals surface area contributed by atoms with E-state index in [1.165, 1.54) is 17.4 Å². The van der Waals surface area contributed by atoms with E-state index in [0.29, 0.717) is 10.8 Å². The lowest BCUT2D eigenvalue weighted by atomic mass is 10.1. The first-order chi connectivity index (χ1) is 13.1. The van der Waals surface area contributed by atoms with Gasteiger partial charge in [-0.15, -0.1) is 11.3 Å². The first-order valence-electron chi connectivity index (χ1n) is 8.47. The smallest absolute Gasteiger partial charge is 0.194 e. The van der Waals surface area contributed by atoms with Crippen LogP contribution in [0.5, 0.6) is 0 Å². The van der Waals surface area contributed by atoms with E-state index in [9.17, 15) is 13.6 Å². The van der Waals surface area contributed by atoms with Gasteiger partial charge < -0.3 is 0 Å². The Hall–Kier alpha value is -3.11. The first kappa shape index (κ1) is 16.1. The van der Waals surface area contributed by atoms with Gasteiger partial charge in [-0.05, 0) is 23.8 Å². The largest absolute Gasteiger partial charge is 0.289 e. The molecule has 0 N–H and O–H groups in total. The molecule has 1 heterocycles. The molecule has 0 aliphatic carbocycles. The van der Waals surface area contributed by atoms with Crippen LogP contribution in [0.1, 0.15) is 0 Å². The molecule has 0 aliphatic rings. The number of hydrogen-bond donors (Lipinski definition) is 0. The lowest BCUT2D eigenvalue weighted by Gasteiger charge is -1.98. The molecule has 27 heavy (non-hydrogen) atoms. The number of fused-ring (bicyclic) bond motifs is 5. The minimum absolute atomic E-state index is 0.0460. The highest BCUT2D eigenvalue weighted by atomic mass is 32.1. The van der Waals surface area contributed by atoms with Crippen molar-refractivity contribution in [1.29, 1.82) is 0 Å². The van der Waals surface area contributed by atoms with Crippen LogP contribution in [0.4, 0.5) is 8.78 Å². The third-order valence-corrected chi connectivity index (χ3v) is 6.03. The zero-order valence-corrected chi connectivity index (χ0v) is 14.8. The molecule has 5 rings (SSSR count). The third kappa shape index (κ3) is 2.37. The van der Waals surface area contributed by atoms with Crippen LogP contribution < -0.4 is 5.43 Å². The summed E-state index contributed by atoms with van der Waals surface area (Å²) in [5.74, 6) is -1.93. The SMILES string of the molecule is O=c1c2ccccc2c2sc(-c3ccccc3)cc2c2c(F)c(F)ccc12. The highest BCUT2D eigenvalue weighted by molar-refractivity contribution is 7.23. The second kappa shape index (κ2) is 5.96. The van der Waals surface area contributed by atoms with E-state index in [-0.39, 0.29) is 16.2 Å². The van der Waals surface area contributed by atoms with Crippen LogP contribution in [0.25, 0.3) is 42.1 Å². The molecular formula is C23H12F2OS. The second-order valence-corrected chi connectivity index (χ2v) is 7.43. The summed E-state index contributed by atoms with van der Waals surface area (Å²) >= 11 is 1.48. The zero-order valence-electron chi connectivity index (χ0n) is 14.0. The molecule has 1 aromatic heterocycles. The highest BCUT2D eigenvalue weighted by Crippen LogP contribution is 2.40. The van der Waals surface area contributed by atoms with Gasteiger partial charge in [-0.3, -0.25) is 4.79 Å². The number of hydrogen-bond acceptors (Lipinski definition) is 2. The van der Waals surface area contributed by atoms with Crippen molar-refractivity contribution in [2.24, 2.45) is 0 Å². The Labute approximate surface area is 157 Å². The fourth-order valence-corrected chi connectivity index (χ4v) is 4.76. The first-order valence-corrected chi connectivity index (χ1v) is 9.28. The van der Waals surface area contributed by atoms with E-state index >= 15 is 0 Å². The zero-order chi connectivity index (χ0) is 18.5. The Bertz CT molecular complexity index is 1410. The predicted octanol–water partition coefficient (Wildman–Crippen LogP) is 6.51. The maximum Gasteiger partial charge on any atom is 0.194 e. The standard InChI is InChI=1S/C23H12F2OS/c24-18-11-10-16-20(21(18)25)17-12-19(13-6-2-1-3-7-13)27-23(17)15-9-5-4-8-14(15)22(16)26/h1-12H. The number of benzene rings is 3. The summed E-state index contributed by atoms with van der Waals surface area (Å²) in [4.78, 5) is 14.0. The molecule has 1 nitrogen and oxygen atoms in total. The maximum atomic E-state index is 14.8. The Kier molecular flexibility index (Phi) is 3.55. The average Bonchev–Trinajstić information content (AvgIpc) is 3.11. The van der Waals surface area contributed by atoms with E-state index in [1.54, 1.807) is 12.1 Å². The lowest BCUT2D eigenvalue weighted by molar-refractivity contribution is 0.517. The number of thiophene rings is 1. The van der Waals surface area contributed by atoms with Crippen molar-refractivity contribution in [3.05, 3.63) is 94.7 Å². The minimum atomic E-state index is -0.979. The van der Waals surface area contributed by atoms with Gasteiger partial charge in [0.1, 0.15) is 0 Å². The second-order valence-electron chi connectivity index (χ2n) is 6.38. The average molecular weight is 374 g/mol. The van der Waals surface area contributed by atoms with Crippen molar-refractivity contribution in [3.8, 4) is 10.4 Å². The number of rotatable bonds is 1. The lowest BCUT2D eigenvalue weighted by Crippen LogP contribution is -1.99. The van der Waals surface area contributed by atoms with Crippen LogP contribution in [0, 0.1) is 11.6 Å². The fraction of sp³-hybridized carbons (Fsp3) is 0. The molecule has 0 saturated heterocycles. The van der Waals surface area contributed by atoms with Gasteiger partial charge in [-0.25, -0.2) is 8.78 Å². The molecule has 0 radical (unpaired) electrons. The molecular weight excluding hydrogens is 362 g/mol. The van der Waals surface area contributed by atoms with Crippen molar-refractivity contribution in [3.63, 3.8) is 0 Å². The van der Waals surface area contributed by atoms with Crippen molar-refractivity contribution in [1.82, 2.24) is 0 Å². The van der Waals surface area contributed by atoms with Crippen LogP contribution >= 0.6 is 11.3 Å². The molecule has 0 bridgehead atoms. The van der Waals surface area contributed by atoms with Crippen molar-refractivity contribution in [2.45, 2.75) is 0 Å². The molecule has 130 valence electrons. The predicted molar refractivity (Wildman–Crippen MR) is 108 cm³/mol. The van der Waals surface area contributed by atoms with Crippen LogP contribution in [0.3, 0.4) is 0 Å². The van der Waals surface area contributed by atoms with Gasteiger partial charge in [0.25, 0.3) is 0 Å². The van der Waals surface area contributed by atoms with Crippen LogP contribution in [-0.2, 0) is 0 Å². The van der Waals surface area contributed by atoms with E-state index in [1.807, 2.05) is 48.5 Å². The van der Waals surface area contributed by atoms with Gasteiger partial charge in [0.2, 0.25) is 0 Å². The molecule has 5 aromatic rings. The molecule has 0 fully saturated rings. The van der Waals surface area contributed by atoms with Gasteiger partial charge in [-0.1, -0.05) is 54.6 Å². The molecule has 0 atom stereocenters. The summed E-state index contributed by atoms with van der Waals surface area (Å²) in [6, 6.07) is 21.2. The summed E-state index contributed by atoms with van der Waals surface area (Å²) in [5.41, 5.74) is 0.710. The monoisotopic (exact) mass is 374 g/mol. The third-order valence-electron chi connectivity index (χ3n) is 4.82. The highest BCUT2D eigenvalue weighted by Gasteiger charge is 2.17. The molecule has 0 amide bonds. The molecule has 0 saturated carbocycles. The molecule has 0 spiro atoms. The fourth-order valence-electron chi connectivity index (χ4n) is 3.55. The van der Waals surface area contributed by atoms with Gasteiger partial charge in [0.05, 0.1) is 0 Å². The normalized spacial score (nSPS) is 11.5. The van der Waals surface area contributed by atoms with Gasteiger partial charge in [-0.2, -0.15) is 0 Å². The van der Waals surface area contributed by atoms with E-state index < -0.39 is 11.6 Å². The summed E-state index contributed by atoms with van der Waals surface area (Å²) in [5, 5.41) is 2.05. The van der Waals surface area contributed by atoms with Gasteiger partial charge in [0, 0.05) is 36.5 Å². The van der Waals surface area contributed by atoms with Crippen molar-refractivity contribution < 1.29 is 8.78 Å². The summed E-state index contributed by atoms with van der Waals surface area (Å²) in [7, 11) is 0. The van der Waals surface area contributed by atoms with Crippen LogP contribution in [0.2, 0.25) is 0 Å². The summed E-state index contributed by atoms with van der Waals surface area (Å²) < 4.78 is 29.6. The molecule has 0 aliphatic heterocycles. The Morgan fingerprint density at radius 1 is 0.704 bits per heavy atom. The van der Waals surface area contributed by atoms with Crippen molar-refractivity contribution >= 4 is 43.0 Å². The van der Waals surface area contributed by atoms with E-state index in [4.69, 9.17) is 0 Å². The summed E-state index contributed by atoms with van der Waals surface area (Å²) in [6.07, 6.45) is 0. The topological polar surface area (TPSA) is 17.1 Å². The molecule has 4 aromatic carbocycles. The number of halogens is 2. The van der Waals surface area contributed by atoms with Crippen LogP contribution in [0.15, 0.2) is 77.6 Å². The Morgan fingerprint density at radius 3 is 2.19 bits per heavy atom. The minimum Gasteiger partial charge on any atom is -0.289 e. The Balaban J connectivity index is 2.10.